The van der Waals surface area contributed by atoms with E-state index in [9.17, 15) is 19.5 Å². The minimum atomic E-state index is -1.23. The third kappa shape index (κ3) is 3.37. The Hall–Kier alpha value is -3.55. The first-order valence-electron chi connectivity index (χ1n) is 10.2. The smallest absolute Gasteiger partial charge is 0.322 e. The van der Waals surface area contributed by atoms with E-state index in [-0.39, 0.29) is 11.3 Å². The van der Waals surface area contributed by atoms with Crippen molar-refractivity contribution in [1.29, 1.82) is 0 Å². The fourth-order valence-electron chi connectivity index (χ4n) is 4.67. The molecule has 1 aromatic carbocycles. The molecule has 1 saturated carbocycles. The number of ether oxygens (including phenoxy) is 1. The lowest BCUT2D eigenvalue weighted by Gasteiger charge is -2.42. The Morgan fingerprint density at radius 3 is 2.42 bits per heavy atom. The first-order valence-corrected chi connectivity index (χ1v) is 10.2. The van der Waals surface area contributed by atoms with Gasteiger partial charge < -0.3 is 24.8 Å². The lowest BCUT2D eigenvalue weighted by Crippen LogP contribution is -2.47. The zero-order valence-corrected chi connectivity index (χ0v) is 17.2. The highest BCUT2D eigenvalue weighted by molar-refractivity contribution is 6.28. The van der Waals surface area contributed by atoms with E-state index in [1.807, 2.05) is 18.2 Å². The Bertz CT molecular complexity index is 1070. The molecule has 1 spiro atoms. The maximum Gasteiger partial charge on any atom is 0.322 e. The van der Waals surface area contributed by atoms with Crippen LogP contribution >= 0.6 is 0 Å². The monoisotopic (exact) mass is 424 g/mol. The summed E-state index contributed by atoms with van der Waals surface area (Å²) in [5.74, 6) is -2.32. The van der Waals surface area contributed by atoms with Gasteiger partial charge in [-0.1, -0.05) is 31.4 Å². The molecule has 162 valence electrons. The maximum absolute atomic E-state index is 13.4. The molecule has 2 aromatic rings. The highest BCUT2D eigenvalue weighted by Gasteiger charge is 2.48. The predicted molar refractivity (Wildman–Crippen MR) is 112 cm³/mol. The van der Waals surface area contributed by atoms with E-state index in [0.717, 1.165) is 24.8 Å². The molecule has 3 N–H and O–H groups in total. The second kappa shape index (κ2) is 7.94. The highest BCUT2D eigenvalue weighted by Crippen LogP contribution is 2.47. The van der Waals surface area contributed by atoms with Crippen molar-refractivity contribution >= 4 is 17.7 Å². The van der Waals surface area contributed by atoms with Crippen molar-refractivity contribution in [1.82, 2.24) is 9.88 Å². The van der Waals surface area contributed by atoms with Crippen LogP contribution in [0.1, 0.15) is 42.6 Å². The summed E-state index contributed by atoms with van der Waals surface area (Å²) in [7, 11) is 1.57. The number of fused-ring (bicyclic) bond motifs is 2. The summed E-state index contributed by atoms with van der Waals surface area (Å²) in [6, 6.07) is 9.06. The quantitative estimate of drug-likeness (QED) is 0.635. The Kier molecular flexibility index (Phi) is 5.31. The molecule has 1 aliphatic carbocycles. The number of methoxy groups -OCH3 is 1. The first kappa shape index (κ1) is 20.7. The number of nitrogens with one attached hydrogen (secondary N) is 1. The van der Waals surface area contributed by atoms with Crippen molar-refractivity contribution in [2.24, 2.45) is 0 Å². The number of carboxylic acids is 1. The number of carboxylic acid groups (broad SMARTS) is 1. The molecule has 0 bridgehead atoms. The minimum absolute atomic E-state index is 0.274. The van der Waals surface area contributed by atoms with Crippen LogP contribution in [0.3, 0.4) is 0 Å². The van der Waals surface area contributed by atoms with E-state index >= 15 is 0 Å². The molecule has 1 fully saturated rings. The lowest BCUT2D eigenvalue weighted by molar-refractivity contribution is -0.137. The van der Waals surface area contributed by atoms with Gasteiger partial charge in [0.15, 0.2) is 0 Å². The number of carbonyl (C=O) groups excluding carboxylic acids is 2. The molecule has 8 heteroatoms. The van der Waals surface area contributed by atoms with Gasteiger partial charge in [-0.25, -0.2) is 0 Å². The molecular formula is C23H24N2O6. The van der Waals surface area contributed by atoms with E-state index in [4.69, 9.17) is 9.84 Å². The summed E-state index contributed by atoms with van der Waals surface area (Å²) >= 11 is 0. The van der Waals surface area contributed by atoms with Crippen molar-refractivity contribution in [2.45, 2.75) is 37.6 Å². The number of rotatable bonds is 5. The molecule has 2 aliphatic rings. The molecule has 4 rings (SSSR count). The molecule has 8 nitrogen and oxygen atoms in total. The fraction of sp³-hybridized carbons (Fsp3) is 0.348. The molecule has 1 amide bonds. The van der Waals surface area contributed by atoms with Crippen molar-refractivity contribution in [2.75, 3.05) is 13.7 Å². The number of aliphatic carboxylic acids is 1. The molecule has 1 aliphatic heterocycles. The molecular weight excluding hydrogens is 400 g/mol. The predicted octanol–water partition coefficient (Wildman–Crippen LogP) is 3.03. The summed E-state index contributed by atoms with van der Waals surface area (Å²) in [5, 5.41) is 22.3. The Labute approximate surface area is 179 Å². The van der Waals surface area contributed by atoms with Gasteiger partial charge in [0.25, 0.3) is 5.91 Å². The van der Waals surface area contributed by atoms with Gasteiger partial charge in [0.05, 0.1) is 12.8 Å². The number of amides is 1. The first-order chi connectivity index (χ1) is 14.9. The van der Waals surface area contributed by atoms with Gasteiger partial charge in [-0.05, 0) is 36.6 Å². The van der Waals surface area contributed by atoms with E-state index in [1.54, 1.807) is 30.0 Å². The van der Waals surface area contributed by atoms with Crippen LogP contribution in [0.15, 0.2) is 47.9 Å². The number of aliphatic hydroxyl groups is 1. The van der Waals surface area contributed by atoms with Crippen LogP contribution in [0.2, 0.25) is 0 Å². The number of carbonyl (C=O) groups is 3. The Balaban J connectivity index is 1.85. The van der Waals surface area contributed by atoms with Crippen molar-refractivity contribution in [3.05, 3.63) is 53.6 Å². The summed E-state index contributed by atoms with van der Waals surface area (Å²) in [6.07, 6.45) is 5.67. The molecule has 0 saturated heterocycles. The molecule has 1 aromatic heterocycles. The van der Waals surface area contributed by atoms with Crippen LogP contribution in [-0.4, -0.2) is 46.1 Å². The van der Waals surface area contributed by atoms with Crippen LogP contribution in [0, 0.1) is 0 Å². The van der Waals surface area contributed by atoms with Crippen LogP contribution in [-0.2, 0) is 15.1 Å². The maximum atomic E-state index is 13.4. The average molecular weight is 424 g/mol. The molecule has 0 radical (unpaired) electrons. The van der Waals surface area contributed by atoms with E-state index in [1.165, 1.54) is 0 Å². The van der Waals surface area contributed by atoms with Gasteiger partial charge in [0.1, 0.15) is 29.2 Å². The van der Waals surface area contributed by atoms with Gasteiger partial charge in [-0.15, -0.1) is 0 Å². The average Bonchev–Trinajstić information content (AvgIpc) is 3.23. The normalized spacial score (nSPS) is 17.4. The number of hydrogen-bond donors (Lipinski definition) is 3. The number of benzene rings is 1. The fourth-order valence-corrected chi connectivity index (χ4v) is 4.67. The number of aromatic nitrogens is 1. The third-order valence-electron chi connectivity index (χ3n) is 6.18. The van der Waals surface area contributed by atoms with Gasteiger partial charge in [0.2, 0.25) is 5.78 Å². The number of allylic oxidation sites excluding steroid dienone is 1. The van der Waals surface area contributed by atoms with Crippen molar-refractivity contribution < 1.29 is 29.3 Å². The van der Waals surface area contributed by atoms with Crippen molar-refractivity contribution in [3.63, 3.8) is 0 Å². The van der Waals surface area contributed by atoms with Crippen LogP contribution in [0.4, 0.5) is 0 Å². The van der Waals surface area contributed by atoms with Gasteiger partial charge in [-0.3, -0.25) is 14.4 Å². The standard InChI is InChI=1S/C23H24N2O6/c1-31-15-7-5-14(6-8-15)16-9-12-25-19(16)20(28)18(22(30)24-13-17(26)27)21(29)23(25)10-3-2-4-11-23/h5-9,12,29H,2-4,10-11,13H2,1H3,(H,24,30)(H,26,27). The third-order valence-corrected chi connectivity index (χ3v) is 6.18. The zero-order valence-electron chi connectivity index (χ0n) is 17.2. The van der Waals surface area contributed by atoms with Gasteiger partial charge in [-0.2, -0.15) is 0 Å². The highest BCUT2D eigenvalue weighted by atomic mass is 16.5. The number of nitrogens with zero attached hydrogens (tertiary/aromatic N) is 1. The number of Topliss-reactive ketones (excluding diaryl/α,β-unsaturated/α-hetero) is 1. The number of hydrogen-bond acceptors (Lipinski definition) is 5. The molecule has 31 heavy (non-hydrogen) atoms. The van der Waals surface area contributed by atoms with Gasteiger partial charge >= 0.3 is 5.97 Å². The molecule has 0 atom stereocenters. The number of ketones is 1. The van der Waals surface area contributed by atoms with E-state index in [0.29, 0.717) is 29.8 Å². The second-order valence-electron chi connectivity index (χ2n) is 7.90. The largest absolute Gasteiger partial charge is 0.509 e. The minimum Gasteiger partial charge on any atom is -0.509 e. The topological polar surface area (TPSA) is 118 Å². The summed E-state index contributed by atoms with van der Waals surface area (Å²) in [5.41, 5.74) is 0.492. The van der Waals surface area contributed by atoms with E-state index in [2.05, 4.69) is 5.32 Å². The lowest BCUT2D eigenvalue weighted by atomic mass is 9.75. The van der Waals surface area contributed by atoms with Gasteiger partial charge in [0, 0.05) is 11.8 Å². The molecule has 0 unspecified atom stereocenters. The zero-order chi connectivity index (χ0) is 22.2. The van der Waals surface area contributed by atoms with E-state index < -0.39 is 29.7 Å². The van der Waals surface area contributed by atoms with Crippen molar-refractivity contribution in [3.8, 4) is 16.9 Å². The summed E-state index contributed by atoms with van der Waals surface area (Å²) in [6.45, 7) is -0.637. The SMILES string of the molecule is COc1ccc(-c2ccn3c2C(=O)C(C(=O)NCC(=O)O)=C(O)C32CCCCC2)cc1. The van der Waals surface area contributed by atoms with Crippen LogP contribution < -0.4 is 10.1 Å². The summed E-state index contributed by atoms with van der Waals surface area (Å²) < 4.78 is 7.01. The number of aliphatic hydroxyl groups excluding tert-OH is 1. The molecule has 2 heterocycles. The summed E-state index contributed by atoms with van der Waals surface area (Å²) in [4.78, 5) is 37.1. The second-order valence-corrected chi connectivity index (χ2v) is 7.90. The van der Waals surface area contributed by atoms with Crippen LogP contribution in [0.5, 0.6) is 5.75 Å². The Morgan fingerprint density at radius 1 is 1.13 bits per heavy atom. The Morgan fingerprint density at radius 2 is 1.81 bits per heavy atom. The van der Waals surface area contributed by atoms with Crippen LogP contribution in [0.25, 0.3) is 11.1 Å².